The molecule has 3 rings (SSSR count). The van der Waals surface area contributed by atoms with Crippen LogP contribution in [0.1, 0.15) is 5.76 Å². The first-order valence-electron chi connectivity index (χ1n) is 6.28. The van der Waals surface area contributed by atoms with E-state index in [1.807, 2.05) is 61.5 Å². The Morgan fingerprint density at radius 2 is 1.65 bits per heavy atom. The SMILES string of the molecule is Cc1onc(-c2ccccc2)c1-c1ccc(SN)cc1. The van der Waals surface area contributed by atoms with Gasteiger partial charge in [-0.3, -0.25) is 5.14 Å². The van der Waals surface area contributed by atoms with Crippen molar-refractivity contribution < 1.29 is 4.52 Å². The van der Waals surface area contributed by atoms with Crippen LogP contribution in [0.15, 0.2) is 64.0 Å². The van der Waals surface area contributed by atoms with E-state index in [1.165, 1.54) is 11.9 Å². The first-order valence-corrected chi connectivity index (χ1v) is 7.16. The van der Waals surface area contributed by atoms with Crippen LogP contribution in [0.3, 0.4) is 0 Å². The molecule has 0 fully saturated rings. The standard InChI is InChI=1S/C16H14N2OS/c1-11-15(12-7-9-14(20-17)10-8-12)16(18-19-11)13-5-3-2-4-6-13/h2-10H,17H2,1H3. The van der Waals surface area contributed by atoms with Crippen molar-refractivity contribution in [2.45, 2.75) is 11.8 Å². The van der Waals surface area contributed by atoms with Crippen LogP contribution in [0.2, 0.25) is 0 Å². The molecule has 0 atom stereocenters. The van der Waals surface area contributed by atoms with E-state index < -0.39 is 0 Å². The second-order valence-electron chi connectivity index (χ2n) is 4.47. The van der Waals surface area contributed by atoms with Gasteiger partial charge in [0.05, 0.1) is 5.56 Å². The van der Waals surface area contributed by atoms with E-state index in [-0.39, 0.29) is 0 Å². The van der Waals surface area contributed by atoms with Gasteiger partial charge < -0.3 is 4.52 Å². The van der Waals surface area contributed by atoms with Crippen molar-refractivity contribution in [3.63, 3.8) is 0 Å². The fourth-order valence-electron chi connectivity index (χ4n) is 2.21. The van der Waals surface area contributed by atoms with E-state index in [0.717, 1.165) is 33.0 Å². The maximum Gasteiger partial charge on any atom is 0.142 e. The Balaban J connectivity index is 2.11. The van der Waals surface area contributed by atoms with Gasteiger partial charge in [0, 0.05) is 10.5 Å². The summed E-state index contributed by atoms with van der Waals surface area (Å²) in [5, 5.41) is 9.76. The molecule has 20 heavy (non-hydrogen) atoms. The summed E-state index contributed by atoms with van der Waals surface area (Å²) in [7, 11) is 0. The first-order chi connectivity index (χ1) is 9.79. The predicted molar refractivity (Wildman–Crippen MR) is 82.2 cm³/mol. The molecule has 0 amide bonds. The van der Waals surface area contributed by atoms with E-state index >= 15 is 0 Å². The minimum absolute atomic E-state index is 0.817. The summed E-state index contributed by atoms with van der Waals surface area (Å²) < 4.78 is 5.38. The van der Waals surface area contributed by atoms with Gasteiger partial charge in [-0.1, -0.05) is 47.6 Å². The summed E-state index contributed by atoms with van der Waals surface area (Å²) in [6.45, 7) is 1.93. The monoisotopic (exact) mass is 282 g/mol. The second kappa shape index (κ2) is 5.53. The fourth-order valence-corrected chi connectivity index (χ4v) is 2.50. The highest BCUT2D eigenvalue weighted by atomic mass is 32.2. The van der Waals surface area contributed by atoms with Crippen molar-refractivity contribution >= 4 is 11.9 Å². The van der Waals surface area contributed by atoms with Crippen LogP contribution < -0.4 is 5.14 Å². The van der Waals surface area contributed by atoms with Gasteiger partial charge in [-0.25, -0.2) is 0 Å². The van der Waals surface area contributed by atoms with Gasteiger partial charge in [0.25, 0.3) is 0 Å². The zero-order valence-corrected chi connectivity index (χ0v) is 11.9. The molecule has 0 radical (unpaired) electrons. The van der Waals surface area contributed by atoms with Gasteiger partial charge in [0.15, 0.2) is 0 Å². The van der Waals surface area contributed by atoms with Gasteiger partial charge in [0.1, 0.15) is 11.5 Å². The molecular formula is C16H14N2OS. The average molecular weight is 282 g/mol. The second-order valence-corrected chi connectivity index (χ2v) is 5.18. The van der Waals surface area contributed by atoms with Gasteiger partial charge in [-0.2, -0.15) is 0 Å². The normalized spacial score (nSPS) is 10.7. The largest absolute Gasteiger partial charge is 0.360 e. The molecule has 4 heteroatoms. The van der Waals surface area contributed by atoms with E-state index in [1.54, 1.807) is 0 Å². The summed E-state index contributed by atoms with van der Waals surface area (Å²) >= 11 is 1.24. The van der Waals surface area contributed by atoms with Crippen LogP contribution in [0, 0.1) is 6.92 Å². The van der Waals surface area contributed by atoms with Crippen molar-refractivity contribution in [3.8, 4) is 22.4 Å². The van der Waals surface area contributed by atoms with Gasteiger partial charge >= 0.3 is 0 Å². The average Bonchev–Trinajstić information content (AvgIpc) is 2.90. The maximum absolute atomic E-state index is 5.56. The van der Waals surface area contributed by atoms with Crippen LogP contribution >= 0.6 is 11.9 Å². The highest BCUT2D eigenvalue weighted by Gasteiger charge is 2.16. The van der Waals surface area contributed by atoms with Crippen molar-refractivity contribution in [2.24, 2.45) is 5.14 Å². The molecule has 0 spiro atoms. The minimum Gasteiger partial charge on any atom is -0.360 e. The Morgan fingerprint density at radius 1 is 0.950 bits per heavy atom. The molecule has 0 bridgehead atoms. The van der Waals surface area contributed by atoms with Crippen LogP contribution in [0.4, 0.5) is 0 Å². The molecule has 0 aliphatic rings. The lowest BCUT2D eigenvalue weighted by molar-refractivity contribution is 0.400. The zero-order valence-electron chi connectivity index (χ0n) is 11.0. The number of hydrogen-bond donors (Lipinski definition) is 1. The molecule has 100 valence electrons. The van der Waals surface area contributed by atoms with Crippen molar-refractivity contribution in [3.05, 3.63) is 60.4 Å². The number of rotatable bonds is 3. The molecule has 1 heterocycles. The molecule has 0 aliphatic carbocycles. The number of aromatic nitrogens is 1. The Hall–Kier alpha value is -2.04. The number of hydrogen-bond acceptors (Lipinski definition) is 4. The van der Waals surface area contributed by atoms with Gasteiger partial charge in [-0.15, -0.1) is 0 Å². The van der Waals surface area contributed by atoms with Crippen LogP contribution in [0.25, 0.3) is 22.4 Å². The Bertz CT molecular complexity index is 705. The highest BCUT2D eigenvalue weighted by Crippen LogP contribution is 2.34. The highest BCUT2D eigenvalue weighted by molar-refractivity contribution is 7.97. The van der Waals surface area contributed by atoms with Gasteiger partial charge in [-0.05, 0) is 36.6 Å². The molecule has 2 N–H and O–H groups in total. The van der Waals surface area contributed by atoms with E-state index in [9.17, 15) is 0 Å². The van der Waals surface area contributed by atoms with Crippen molar-refractivity contribution in [1.29, 1.82) is 0 Å². The lowest BCUT2D eigenvalue weighted by Gasteiger charge is -2.04. The number of nitrogens with two attached hydrogens (primary N) is 1. The number of nitrogens with zero attached hydrogens (tertiary/aromatic N) is 1. The lowest BCUT2D eigenvalue weighted by Crippen LogP contribution is -1.85. The fraction of sp³-hybridized carbons (Fsp3) is 0.0625. The van der Waals surface area contributed by atoms with E-state index in [4.69, 9.17) is 9.66 Å². The van der Waals surface area contributed by atoms with E-state index in [2.05, 4.69) is 5.16 Å². The summed E-state index contributed by atoms with van der Waals surface area (Å²) in [5.41, 5.74) is 4.04. The third kappa shape index (κ3) is 2.35. The smallest absolute Gasteiger partial charge is 0.142 e. The topological polar surface area (TPSA) is 52.0 Å². The Morgan fingerprint density at radius 3 is 2.30 bits per heavy atom. The molecule has 2 aromatic carbocycles. The van der Waals surface area contributed by atoms with Crippen molar-refractivity contribution in [2.75, 3.05) is 0 Å². The van der Waals surface area contributed by atoms with Crippen molar-refractivity contribution in [1.82, 2.24) is 5.16 Å². The number of aryl methyl sites for hydroxylation is 1. The molecule has 0 unspecified atom stereocenters. The summed E-state index contributed by atoms with van der Waals surface area (Å²) in [6, 6.07) is 18.1. The Kier molecular flexibility index (Phi) is 3.58. The summed E-state index contributed by atoms with van der Waals surface area (Å²) in [6.07, 6.45) is 0. The zero-order chi connectivity index (χ0) is 13.9. The van der Waals surface area contributed by atoms with E-state index in [0.29, 0.717) is 0 Å². The van der Waals surface area contributed by atoms with Crippen LogP contribution in [-0.2, 0) is 0 Å². The van der Waals surface area contributed by atoms with Crippen LogP contribution in [-0.4, -0.2) is 5.16 Å². The molecule has 0 saturated carbocycles. The predicted octanol–water partition coefficient (Wildman–Crippen LogP) is 4.28. The maximum atomic E-state index is 5.56. The van der Waals surface area contributed by atoms with Gasteiger partial charge in [0.2, 0.25) is 0 Å². The molecule has 3 aromatic rings. The first kappa shape index (κ1) is 13.0. The summed E-state index contributed by atoms with van der Waals surface area (Å²) in [4.78, 5) is 1.03. The lowest BCUT2D eigenvalue weighted by atomic mass is 10.00. The molecule has 3 nitrogen and oxygen atoms in total. The quantitative estimate of drug-likeness (QED) is 0.728. The minimum atomic E-state index is 0.817. The van der Waals surface area contributed by atoms with Crippen LogP contribution in [0.5, 0.6) is 0 Å². The third-order valence-electron chi connectivity index (χ3n) is 3.19. The molecular weight excluding hydrogens is 268 g/mol. The number of benzene rings is 2. The molecule has 1 aromatic heterocycles. The third-order valence-corrected chi connectivity index (χ3v) is 3.73. The summed E-state index contributed by atoms with van der Waals surface area (Å²) in [5.74, 6) is 0.817. The Labute approximate surface area is 121 Å². The molecule has 0 saturated heterocycles. The molecule has 0 aliphatic heterocycles.